The first-order chi connectivity index (χ1) is 17.7. The van der Waals surface area contributed by atoms with E-state index in [9.17, 15) is 18.8 Å². The Labute approximate surface area is 229 Å². The molecule has 7 nitrogen and oxygen atoms in total. The average molecular weight is 607 g/mol. The maximum absolute atomic E-state index is 13.3. The molecule has 0 bridgehead atoms. The van der Waals surface area contributed by atoms with Crippen LogP contribution in [0, 0.1) is 5.82 Å². The van der Waals surface area contributed by atoms with Crippen molar-refractivity contribution in [1.82, 2.24) is 4.90 Å². The Bertz CT molecular complexity index is 1430. The summed E-state index contributed by atoms with van der Waals surface area (Å²) >= 11 is 10.2. The normalized spacial score (nSPS) is 14.3. The van der Waals surface area contributed by atoms with Gasteiger partial charge in [-0.15, -0.1) is 0 Å². The fraction of sp³-hybridized carbons (Fsp3) is 0.115. The summed E-state index contributed by atoms with van der Waals surface area (Å²) in [4.78, 5) is 39.3. The van der Waals surface area contributed by atoms with Gasteiger partial charge in [0, 0.05) is 5.02 Å². The third-order valence-electron chi connectivity index (χ3n) is 5.29. The first kappa shape index (κ1) is 26.7. The van der Waals surface area contributed by atoms with Crippen LogP contribution in [-0.2, 0) is 11.3 Å². The summed E-state index contributed by atoms with van der Waals surface area (Å²) in [7, 11) is 2.94. The lowest BCUT2D eigenvalue weighted by molar-refractivity contribution is -0.123. The van der Waals surface area contributed by atoms with Crippen molar-refractivity contribution in [3.8, 4) is 17.2 Å². The molecule has 0 atom stereocenters. The first-order valence-electron chi connectivity index (χ1n) is 10.6. The molecule has 1 aliphatic rings. The van der Waals surface area contributed by atoms with Crippen LogP contribution in [0.1, 0.15) is 21.5 Å². The van der Waals surface area contributed by atoms with Gasteiger partial charge in [-0.1, -0.05) is 17.7 Å². The zero-order valence-electron chi connectivity index (χ0n) is 19.4. The molecule has 3 aromatic rings. The van der Waals surface area contributed by atoms with Gasteiger partial charge in [0.1, 0.15) is 11.6 Å². The number of imide groups is 1. The van der Waals surface area contributed by atoms with E-state index in [-0.39, 0.29) is 28.0 Å². The van der Waals surface area contributed by atoms with E-state index in [1.165, 1.54) is 32.4 Å². The molecule has 1 heterocycles. The minimum atomic E-state index is -0.602. The number of amides is 2. The lowest BCUT2D eigenvalue weighted by atomic mass is 10.1. The number of carbonyl (C=O) groups is 3. The predicted molar refractivity (Wildman–Crippen MR) is 142 cm³/mol. The van der Waals surface area contributed by atoms with E-state index in [2.05, 4.69) is 15.9 Å². The molecule has 4 rings (SSSR count). The summed E-state index contributed by atoms with van der Waals surface area (Å²) in [5, 5.41) is -0.357. The second-order valence-corrected chi connectivity index (χ2v) is 9.91. The number of hydrogen-bond acceptors (Lipinski definition) is 7. The molecule has 0 radical (unpaired) electrons. The van der Waals surface area contributed by atoms with E-state index < -0.39 is 22.9 Å². The summed E-state index contributed by atoms with van der Waals surface area (Å²) < 4.78 is 29.8. The van der Waals surface area contributed by atoms with Gasteiger partial charge in [-0.3, -0.25) is 14.5 Å². The Morgan fingerprint density at radius 1 is 1.08 bits per heavy atom. The Hall–Kier alpha value is -3.34. The Morgan fingerprint density at radius 3 is 2.46 bits per heavy atom. The second-order valence-electron chi connectivity index (χ2n) is 7.66. The molecular weight excluding hydrogens is 589 g/mol. The highest BCUT2D eigenvalue weighted by atomic mass is 79.9. The second kappa shape index (κ2) is 11.4. The smallest absolute Gasteiger partial charge is 0.343 e. The van der Waals surface area contributed by atoms with Crippen LogP contribution in [-0.4, -0.2) is 36.2 Å². The van der Waals surface area contributed by atoms with Gasteiger partial charge in [0.15, 0.2) is 11.5 Å². The van der Waals surface area contributed by atoms with E-state index in [1.807, 2.05) is 0 Å². The van der Waals surface area contributed by atoms with Gasteiger partial charge < -0.3 is 14.2 Å². The zero-order valence-corrected chi connectivity index (χ0v) is 22.6. The molecule has 3 aromatic carbocycles. The molecule has 2 amide bonds. The number of thioether (sulfide) groups is 1. The van der Waals surface area contributed by atoms with Crippen LogP contribution < -0.4 is 14.2 Å². The number of esters is 1. The van der Waals surface area contributed by atoms with Crippen molar-refractivity contribution in [2.24, 2.45) is 0 Å². The molecule has 1 saturated heterocycles. The SMILES string of the molecule is COc1ccc(C(=O)Oc2c(Br)cc(/C=C3\SC(=O)N(Cc4ccc(F)cc4Cl)C3=O)cc2OC)cc1. The predicted octanol–water partition coefficient (Wildman–Crippen LogP) is 6.71. The van der Waals surface area contributed by atoms with Crippen molar-refractivity contribution in [2.45, 2.75) is 6.54 Å². The highest BCUT2D eigenvalue weighted by Crippen LogP contribution is 2.40. The Morgan fingerprint density at radius 2 is 1.81 bits per heavy atom. The standard InChI is InChI=1S/C26H18BrClFNO6S/c1-34-18-7-4-15(5-8-18)25(32)36-23-19(27)9-14(10-21(23)35-2)11-22-24(31)30(26(33)37-22)13-16-3-6-17(29)12-20(16)28/h3-12H,13H2,1-2H3/b22-11-. The molecule has 0 N–H and O–H groups in total. The molecule has 0 saturated carbocycles. The topological polar surface area (TPSA) is 82.1 Å². The summed E-state index contributed by atoms with van der Waals surface area (Å²) in [6, 6.07) is 13.4. The van der Waals surface area contributed by atoms with Crippen molar-refractivity contribution >= 4 is 62.5 Å². The summed E-state index contributed by atoms with van der Waals surface area (Å²) in [6.45, 7) is -0.0889. The Balaban J connectivity index is 1.55. The number of carbonyl (C=O) groups excluding carboxylic acids is 3. The summed E-state index contributed by atoms with van der Waals surface area (Å²) in [5.74, 6) is -0.639. The monoisotopic (exact) mass is 605 g/mol. The van der Waals surface area contributed by atoms with Crippen LogP contribution in [0.15, 0.2) is 64.0 Å². The largest absolute Gasteiger partial charge is 0.497 e. The average Bonchev–Trinajstić information content (AvgIpc) is 3.14. The summed E-state index contributed by atoms with van der Waals surface area (Å²) in [6.07, 6.45) is 1.53. The van der Waals surface area contributed by atoms with Crippen LogP contribution >= 0.6 is 39.3 Å². The maximum Gasteiger partial charge on any atom is 0.343 e. The number of benzene rings is 3. The maximum atomic E-state index is 13.3. The molecule has 11 heteroatoms. The van der Waals surface area contributed by atoms with Gasteiger partial charge in [0.05, 0.1) is 35.7 Å². The minimum Gasteiger partial charge on any atom is -0.497 e. The quantitative estimate of drug-likeness (QED) is 0.168. The van der Waals surface area contributed by atoms with Gasteiger partial charge in [-0.25, -0.2) is 9.18 Å². The van der Waals surface area contributed by atoms with E-state index in [0.717, 1.165) is 22.7 Å². The van der Waals surface area contributed by atoms with E-state index in [0.29, 0.717) is 26.9 Å². The van der Waals surface area contributed by atoms with Gasteiger partial charge in [-0.05, 0) is 93.4 Å². The first-order valence-corrected chi connectivity index (χ1v) is 12.6. The van der Waals surface area contributed by atoms with Crippen LogP contribution in [0.5, 0.6) is 17.2 Å². The van der Waals surface area contributed by atoms with Crippen LogP contribution in [0.2, 0.25) is 5.02 Å². The van der Waals surface area contributed by atoms with Crippen LogP contribution in [0.4, 0.5) is 9.18 Å². The van der Waals surface area contributed by atoms with Gasteiger partial charge in [-0.2, -0.15) is 0 Å². The lowest BCUT2D eigenvalue weighted by Gasteiger charge is -2.14. The molecule has 190 valence electrons. The molecule has 1 aliphatic heterocycles. The fourth-order valence-corrected chi connectivity index (χ4v) is 5.01. The lowest BCUT2D eigenvalue weighted by Crippen LogP contribution is -2.27. The highest BCUT2D eigenvalue weighted by molar-refractivity contribution is 9.10. The van der Waals surface area contributed by atoms with Crippen molar-refractivity contribution < 1.29 is 33.0 Å². The Kier molecular flexibility index (Phi) is 8.21. The van der Waals surface area contributed by atoms with Crippen molar-refractivity contribution in [3.63, 3.8) is 0 Å². The highest BCUT2D eigenvalue weighted by Gasteiger charge is 2.35. The molecule has 0 aromatic heterocycles. The summed E-state index contributed by atoms with van der Waals surface area (Å²) in [5.41, 5.74) is 1.28. The molecule has 0 unspecified atom stereocenters. The molecule has 0 aliphatic carbocycles. The number of nitrogens with zero attached hydrogens (tertiary/aromatic N) is 1. The number of halogens is 3. The number of rotatable bonds is 7. The number of ether oxygens (including phenoxy) is 3. The van der Waals surface area contributed by atoms with Gasteiger partial charge in [0.25, 0.3) is 11.1 Å². The van der Waals surface area contributed by atoms with Gasteiger partial charge >= 0.3 is 5.97 Å². The number of methoxy groups -OCH3 is 2. The van der Waals surface area contributed by atoms with E-state index in [4.69, 9.17) is 25.8 Å². The van der Waals surface area contributed by atoms with Crippen molar-refractivity contribution in [2.75, 3.05) is 14.2 Å². The molecular formula is C26H18BrClFNO6S. The third kappa shape index (κ3) is 5.98. The van der Waals surface area contributed by atoms with Crippen molar-refractivity contribution in [3.05, 3.63) is 91.5 Å². The van der Waals surface area contributed by atoms with Crippen LogP contribution in [0.25, 0.3) is 6.08 Å². The molecule has 37 heavy (non-hydrogen) atoms. The van der Waals surface area contributed by atoms with E-state index in [1.54, 1.807) is 36.4 Å². The number of hydrogen-bond donors (Lipinski definition) is 0. The third-order valence-corrected chi connectivity index (χ3v) is 7.14. The molecule has 1 fully saturated rings. The van der Waals surface area contributed by atoms with Crippen molar-refractivity contribution in [1.29, 1.82) is 0 Å². The zero-order chi connectivity index (χ0) is 26.7. The molecule has 0 spiro atoms. The van der Waals surface area contributed by atoms with E-state index >= 15 is 0 Å². The minimum absolute atomic E-state index is 0.0889. The van der Waals surface area contributed by atoms with Gasteiger partial charge in [0.2, 0.25) is 0 Å². The van der Waals surface area contributed by atoms with Crippen LogP contribution in [0.3, 0.4) is 0 Å². The fourth-order valence-electron chi connectivity index (χ4n) is 3.41.